The molecule has 8 heteroatoms. The van der Waals surface area contributed by atoms with Gasteiger partial charge in [-0.2, -0.15) is 4.98 Å². The number of aryl methyl sites for hydroxylation is 1. The lowest BCUT2D eigenvalue weighted by Gasteiger charge is -2.44. The lowest BCUT2D eigenvalue weighted by Crippen LogP contribution is -2.50. The Labute approximate surface area is 173 Å². The van der Waals surface area contributed by atoms with Crippen molar-refractivity contribution in [3.63, 3.8) is 0 Å². The summed E-state index contributed by atoms with van der Waals surface area (Å²) in [7, 11) is 0. The monoisotopic (exact) mass is 411 g/mol. The van der Waals surface area contributed by atoms with Crippen LogP contribution in [0.1, 0.15) is 12.0 Å². The van der Waals surface area contributed by atoms with Crippen molar-refractivity contribution in [1.29, 1.82) is 0 Å². The van der Waals surface area contributed by atoms with Gasteiger partial charge in [0, 0.05) is 43.7 Å². The minimum absolute atomic E-state index is 0.278. The number of halogens is 2. The Bertz CT molecular complexity index is 1040. The lowest BCUT2D eigenvalue weighted by molar-refractivity contribution is 0.164. The van der Waals surface area contributed by atoms with Gasteiger partial charge < -0.3 is 15.0 Å². The SMILES string of the molecule is Cc1cc(Nc2ncn(-c3cc(F)cc(F)c3)n2)cc(N2CC(C3CCOC3)C2)c1. The number of aromatic nitrogens is 3. The quantitative estimate of drug-likeness (QED) is 0.686. The van der Waals surface area contributed by atoms with Crippen LogP contribution in [0.3, 0.4) is 0 Å². The van der Waals surface area contributed by atoms with Gasteiger partial charge in [-0.3, -0.25) is 0 Å². The Morgan fingerprint density at radius 2 is 1.80 bits per heavy atom. The van der Waals surface area contributed by atoms with E-state index in [4.69, 9.17) is 4.74 Å². The standard InChI is InChI=1S/C22H23F2N5O/c1-14-4-19(9-20(5-14)28-10-16(11-28)15-2-3-30-12-15)26-22-25-13-29(27-22)21-7-17(23)6-18(24)8-21/h4-9,13,15-16H,2-3,10-12H2,1H3,(H,26,27). The van der Waals surface area contributed by atoms with Gasteiger partial charge in [0.05, 0.1) is 5.69 Å². The zero-order valence-corrected chi connectivity index (χ0v) is 16.7. The van der Waals surface area contributed by atoms with Gasteiger partial charge >= 0.3 is 0 Å². The summed E-state index contributed by atoms with van der Waals surface area (Å²) in [5.41, 5.74) is 3.45. The minimum atomic E-state index is -0.657. The third-order valence-corrected chi connectivity index (χ3v) is 5.83. The second kappa shape index (κ2) is 7.68. The van der Waals surface area contributed by atoms with Crippen LogP contribution >= 0.6 is 0 Å². The summed E-state index contributed by atoms with van der Waals surface area (Å²) in [6, 6.07) is 9.52. The van der Waals surface area contributed by atoms with Gasteiger partial charge in [0.25, 0.3) is 0 Å². The van der Waals surface area contributed by atoms with Crippen LogP contribution < -0.4 is 10.2 Å². The maximum Gasteiger partial charge on any atom is 0.246 e. The molecule has 156 valence electrons. The van der Waals surface area contributed by atoms with Crippen LogP contribution in [0, 0.1) is 30.4 Å². The third kappa shape index (κ3) is 3.87. The van der Waals surface area contributed by atoms with Crippen LogP contribution in [0.5, 0.6) is 0 Å². The van der Waals surface area contributed by atoms with Gasteiger partial charge in [-0.05, 0) is 61.1 Å². The van der Waals surface area contributed by atoms with Crippen molar-refractivity contribution in [3.8, 4) is 5.69 Å². The number of nitrogens with one attached hydrogen (secondary N) is 1. The molecule has 3 heterocycles. The largest absolute Gasteiger partial charge is 0.381 e. The molecule has 0 bridgehead atoms. The minimum Gasteiger partial charge on any atom is -0.381 e. The fourth-order valence-corrected chi connectivity index (χ4v) is 4.21. The molecular weight excluding hydrogens is 388 g/mol. The van der Waals surface area contributed by atoms with E-state index in [0.29, 0.717) is 17.8 Å². The van der Waals surface area contributed by atoms with E-state index in [0.717, 1.165) is 43.6 Å². The van der Waals surface area contributed by atoms with E-state index in [1.165, 1.54) is 35.3 Å². The zero-order chi connectivity index (χ0) is 20.7. The van der Waals surface area contributed by atoms with Gasteiger partial charge in [-0.1, -0.05) is 0 Å². The van der Waals surface area contributed by atoms with E-state index in [2.05, 4.69) is 39.4 Å². The summed E-state index contributed by atoms with van der Waals surface area (Å²) >= 11 is 0. The van der Waals surface area contributed by atoms with Crippen molar-refractivity contribution in [2.24, 2.45) is 11.8 Å². The molecule has 0 spiro atoms. The van der Waals surface area contributed by atoms with Crippen LogP contribution in [-0.2, 0) is 4.74 Å². The van der Waals surface area contributed by atoms with E-state index >= 15 is 0 Å². The predicted octanol–water partition coefficient (Wildman–Crippen LogP) is 4.07. The van der Waals surface area contributed by atoms with Gasteiger partial charge in [0.15, 0.2) is 0 Å². The highest BCUT2D eigenvalue weighted by molar-refractivity contribution is 5.64. The normalized spacial score (nSPS) is 19.2. The second-order valence-electron chi connectivity index (χ2n) is 8.11. The van der Waals surface area contributed by atoms with Crippen LogP contribution in [0.15, 0.2) is 42.7 Å². The maximum absolute atomic E-state index is 13.5. The maximum atomic E-state index is 13.5. The van der Waals surface area contributed by atoms with Gasteiger partial charge in [-0.25, -0.2) is 13.5 Å². The molecule has 30 heavy (non-hydrogen) atoms. The molecule has 0 aliphatic carbocycles. The average molecular weight is 411 g/mol. The van der Waals surface area contributed by atoms with Gasteiger partial charge in [0.1, 0.15) is 18.0 Å². The number of ether oxygens (including phenoxy) is 1. The topological polar surface area (TPSA) is 55.2 Å². The summed E-state index contributed by atoms with van der Waals surface area (Å²) in [6.45, 7) is 5.94. The smallest absolute Gasteiger partial charge is 0.246 e. The van der Waals surface area contributed by atoms with Crippen LogP contribution in [0.2, 0.25) is 0 Å². The predicted molar refractivity (Wildman–Crippen MR) is 110 cm³/mol. The molecule has 2 fully saturated rings. The number of anilines is 3. The van der Waals surface area contributed by atoms with Crippen LogP contribution in [-0.4, -0.2) is 41.1 Å². The average Bonchev–Trinajstić information content (AvgIpc) is 3.31. The van der Waals surface area contributed by atoms with E-state index in [9.17, 15) is 8.78 Å². The summed E-state index contributed by atoms with van der Waals surface area (Å²) < 4.78 is 33.8. The molecule has 0 amide bonds. The molecule has 2 aliphatic rings. The van der Waals surface area contributed by atoms with Crippen molar-refractivity contribution in [3.05, 3.63) is 59.9 Å². The van der Waals surface area contributed by atoms with Crippen molar-refractivity contribution >= 4 is 17.3 Å². The zero-order valence-electron chi connectivity index (χ0n) is 16.7. The first-order chi connectivity index (χ1) is 14.5. The Morgan fingerprint density at radius 1 is 1.00 bits per heavy atom. The fraction of sp³-hybridized carbons (Fsp3) is 0.364. The molecule has 5 rings (SSSR count). The van der Waals surface area contributed by atoms with Crippen molar-refractivity contribution in [2.45, 2.75) is 13.3 Å². The summed E-state index contributed by atoms with van der Waals surface area (Å²) in [5, 5.41) is 7.49. The van der Waals surface area contributed by atoms with E-state index in [-0.39, 0.29) is 5.69 Å². The molecule has 2 aliphatic heterocycles. The van der Waals surface area contributed by atoms with Crippen LogP contribution in [0.4, 0.5) is 26.1 Å². The van der Waals surface area contributed by atoms with Crippen LogP contribution in [0.25, 0.3) is 5.69 Å². The van der Waals surface area contributed by atoms with Gasteiger partial charge in [0.2, 0.25) is 5.95 Å². The molecule has 1 aromatic heterocycles. The third-order valence-electron chi connectivity index (χ3n) is 5.83. The van der Waals surface area contributed by atoms with E-state index in [1.54, 1.807) is 0 Å². The Kier molecular flexibility index (Phi) is 4.86. The first-order valence-corrected chi connectivity index (χ1v) is 10.1. The summed E-state index contributed by atoms with van der Waals surface area (Å²) in [5.74, 6) is 0.435. The number of hydrogen-bond acceptors (Lipinski definition) is 5. The Hall–Kier alpha value is -3.00. The number of nitrogens with zero attached hydrogens (tertiary/aromatic N) is 4. The highest BCUT2D eigenvalue weighted by Gasteiger charge is 2.35. The molecular formula is C22H23F2N5O. The van der Waals surface area contributed by atoms with Crippen molar-refractivity contribution in [2.75, 3.05) is 36.5 Å². The molecule has 3 aromatic rings. The molecule has 0 radical (unpaired) electrons. The first kappa shape index (κ1) is 19.0. The number of hydrogen-bond donors (Lipinski definition) is 1. The number of benzene rings is 2. The lowest BCUT2D eigenvalue weighted by atomic mass is 9.85. The van der Waals surface area contributed by atoms with Gasteiger partial charge in [-0.15, -0.1) is 5.10 Å². The molecule has 0 saturated carbocycles. The molecule has 6 nitrogen and oxygen atoms in total. The first-order valence-electron chi connectivity index (χ1n) is 10.1. The Balaban J connectivity index is 1.29. The second-order valence-corrected chi connectivity index (χ2v) is 8.11. The molecule has 2 saturated heterocycles. The molecule has 1 unspecified atom stereocenters. The highest BCUT2D eigenvalue weighted by Crippen LogP contribution is 2.35. The number of rotatable bonds is 5. The highest BCUT2D eigenvalue weighted by atomic mass is 19.1. The summed E-state index contributed by atoms with van der Waals surface area (Å²) in [6.07, 6.45) is 2.60. The summed E-state index contributed by atoms with van der Waals surface area (Å²) in [4.78, 5) is 6.60. The molecule has 1 atom stereocenters. The molecule has 1 N–H and O–H groups in total. The van der Waals surface area contributed by atoms with Crippen molar-refractivity contribution in [1.82, 2.24) is 14.8 Å². The molecule has 2 aromatic carbocycles. The fourth-order valence-electron chi connectivity index (χ4n) is 4.21. The van der Waals surface area contributed by atoms with Crippen molar-refractivity contribution < 1.29 is 13.5 Å². The Morgan fingerprint density at radius 3 is 2.53 bits per heavy atom. The van der Waals surface area contributed by atoms with E-state index in [1.807, 2.05) is 6.07 Å². The van der Waals surface area contributed by atoms with E-state index < -0.39 is 11.6 Å².